The highest BCUT2D eigenvalue weighted by Gasteiger charge is 2.35. The van der Waals surface area contributed by atoms with Crippen LogP contribution in [-0.4, -0.2) is 34.5 Å². The van der Waals surface area contributed by atoms with E-state index < -0.39 is 21.9 Å². The number of nitrogens with zero attached hydrogens (tertiary/aromatic N) is 5. The molecule has 1 N–H and O–H groups in total. The van der Waals surface area contributed by atoms with Gasteiger partial charge in [-0.05, 0) is 49.2 Å². The van der Waals surface area contributed by atoms with E-state index in [1.807, 2.05) is 32.0 Å². The number of imidazole rings is 1. The highest BCUT2D eigenvalue weighted by molar-refractivity contribution is 7.92. The van der Waals surface area contributed by atoms with E-state index in [1.165, 1.54) is 22.8 Å². The Hall–Kier alpha value is -3.64. The number of alkyl halides is 3. The second-order valence-corrected chi connectivity index (χ2v) is 10.9. The van der Waals surface area contributed by atoms with Gasteiger partial charge in [0.25, 0.3) is 10.0 Å². The molecule has 0 unspecified atom stereocenters. The third-order valence-corrected chi connectivity index (χ3v) is 7.76. The molecule has 0 atom stereocenters. The number of hydrogen-bond acceptors (Lipinski definition) is 6. The van der Waals surface area contributed by atoms with E-state index in [-0.39, 0.29) is 29.8 Å². The Morgan fingerprint density at radius 1 is 0.947 bits per heavy atom. The van der Waals surface area contributed by atoms with Crippen LogP contribution in [0.15, 0.2) is 59.8 Å². The zero-order valence-corrected chi connectivity index (χ0v) is 21.9. The van der Waals surface area contributed by atoms with Crippen LogP contribution in [0.4, 0.5) is 24.8 Å². The van der Waals surface area contributed by atoms with E-state index in [0.717, 1.165) is 22.9 Å². The Labute approximate surface area is 222 Å². The number of halogens is 4. The first-order chi connectivity index (χ1) is 17.9. The smallest absolute Gasteiger partial charge is 0.347 e. The Kier molecular flexibility index (Phi) is 6.56. The second-order valence-electron chi connectivity index (χ2n) is 8.89. The average molecular weight is 563 g/mol. The minimum atomic E-state index is -4.54. The van der Waals surface area contributed by atoms with E-state index in [0.29, 0.717) is 23.1 Å². The number of aromatic nitrogens is 4. The topological polar surface area (TPSA) is 93.0 Å². The fourth-order valence-electron chi connectivity index (χ4n) is 4.37. The van der Waals surface area contributed by atoms with Crippen LogP contribution in [0.1, 0.15) is 22.6 Å². The van der Waals surface area contributed by atoms with Crippen molar-refractivity contribution in [3.05, 3.63) is 82.4 Å². The molecule has 38 heavy (non-hydrogen) atoms. The molecule has 4 aromatic rings. The van der Waals surface area contributed by atoms with Crippen molar-refractivity contribution >= 4 is 33.3 Å². The average Bonchev–Trinajstić information content (AvgIpc) is 3.30. The highest BCUT2D eigenvalue weighted by atomic mass is 35.5. The lowest BCUT2D eigenvalue weighted by Crippen LogP contribution is -2.34. The molecule has 8 nitrogen and oxygen atoms in total. The van der Waals surface area contributed by atoms with Crippen LogP contribution in [0.5, 0.6) is 0 Å². The van der Waals surface area contributed by atoms with Gasteiger partial charge in [-0.3, -0.25) is 4.72 Å². The molecule has 3 aromatic heterocycles. The number of rotatable bonds is 5. The predicted octanol–water partition coefficient (Wildman–Crippen LogP) is 5.45. The van der Waals surface area contributed by atoms with Crippen molar-refractivity contribution in [2.24, 2.45) is 0 Å². The lowest BCUT2D eigenvalue weighted by Gasteiger charge is -2.28. The first-order valence-corrected chi connectivity index (χ1v) is 13.4. The van der Waals surface area contributed by atoms with E-state index in [4.69, 9.17) is 11.6 Å². The normalized spacial score (nSPS) is 13.9. The Bertz CT molecular complexity index is 1620. The van der Waals surface area contributed by atoms with Crippen molar-refractivity contribution in [3.8, 4) is 11.3 Å². The van der Waals surface area contributed by atoms with Gasteiger partial charge in [-0.25, -0.2) is 15.0 Å². The molecule has 0 radical (unpaired) electrons. The van der Waals surface area contributed by atoms with Crippen LogP contribution in [0.2, 0.25) is 5.02 Å². The second kappa shape index (κ2) is 9.59. The summed E-state index contributed by atoms with van der Waals surface area (Å²) in [7, 11) is -4.15. The van der Waals surface area contributed by atoms with Crippen molar-refractivity contribution in [2.75, 3.05) is 16.2 Å². The summed E-state index contributed by atoms with van der Waals surface area (Å²) in [6.45, 7) is 4.48. The largest absolute Gasteiger partial charge is 0.434 e. The Balaban J connectivity index is 1.40. The molecule has 1 aromatic carbocycles. The molecule has 0 bridgehead atoms. The fourth-order valence-corrected chi connectivity index (χ4v) is 5.53. The van der Waals surface area contributed by atoms with Crippen molar-refractivity contribution in [2.45, 2.75) is 38.1 Å². The summed E-state index contributed by atoms with van der Waals surface area (Å²) in [5.41, 5.74) is 2.19. The zero-order valence-electron chi connectivity index (χ0n) is 20.3. The summed E-state index contributed by atoms with van der Waals surface area (Å²) in [5.74, 6) is 0.594. The molecule has 0 saturated heterocycles. The number of hydrogen-bond donors (Lipinski definition) is 1. The fraction of sp³-hybridized carbons (Fsp3) is 0.240. The van der Waals surface area contributed by atoms with Crippen molar-refractivity contribution in [3.63, 3.8) is 0 Å². The molecule has 5 rings (SSSR count). The Morgan fingerprint density at radius 3 is 2.37 bits per heavy atom. The maximum absolute atomic E-state index is 13.2. The number of benzene rings is 1. The molecule has 13 heteroatoms. The molecule has 0 amide bonds. The molecule has 0 aliphatic carbocycles. The van der Waals surface area contributed by atoms with Gasteiger partial charge in [0.1, 0.15) is 17.5 Å². The van der Waals surface area contributed by atoms with Crippen molar-refractivity contribution < 1.29 is 21.6 Å². The van der Waals surface area contributed by atoms with Gasteiger partial charge in [-0.15, -0.1) is 0 Å². The number of nitrogens with one attached hydrogen (secondary N) is 1. The lowest BCUT2D eigenvalue weighted by atomic mass is 9.99. The van der Waals surface area contributed by atoms with Crippen molar-refractivity contribution in [1.82, 2.24) is 19.5 Å². The summed E-state index contributed by atoms with van der Waals surface area (Å²) < 4.78 is 69.5. The summed E-state index contributed by atoms with van der Waals surface area (Å²) >= 11 is 6.41. The van der Waals surface area contributed by atoms with Gasteiger partial charge in [0, 0.05) is 24.8 Å². The summed E-state index contributed by atoms with van der Waals surface area (Å²) in [6, 6.07) is 13.2. The van der Waals surface area contributed by atoms with Crippen LogP contribution in [-0.2, 0) is 29.3 Å². The molecule has 1 aliphatic rings. The number of aryl methyl sites for hydroxylation is 2. The summed E-state index contributed by atoms with van der Waals surface area (Å²) in [4.78, 5) is 14.1. The molecule has 1 aliphatic heterocycles. The maximum Gasteiger partial charge on any atom is 0.434 e. The lowest BCUT2D eigenvalue weighted by molar-refractivity contribution is -0.141. The van der Waals surface area contributed by atoms with Crippen LogP contribution in [0.25, 0.3) is 11.3 Å². The predicted molar refractivity (Wildman–Crippen MR) is 137 cm³/mol. The SMILES string of the molecule is Cc1cccc(C)c1-c1nc(NS(=O)(=O)c2cccc(N3CCn4cc(C(F)(F)F)nc4C3)n2)ccc1Cl. The van der Waals surface area contributed by atoms with Crippen LogP contribution < -0.4 is 9.62 Å². The zero-order chi connectivity index (χ0) is 27.2. The van der Waals surface area contributed by atoms with Gasteiger partial charge in [0.05, 0.1) is 17.3 Å². The number of anilines is 2. The molecular weight excluding hydrogens is 541 g/mol. The Morgan fingerprint density at radius 2 is 1.66 bits per heavy atom. The monoisotopic (exact) mass is 562 g/mol. The minimum Gasteiger partial charge on any atom is -0.347 e. The standard InChI is InChI=1S/C25H22ClF3N6O2S/c1-15-5-3-6-16(2)23(15)24-17(26)9-10-19(31-24)33-38(36,37)22-8-4-7-20(32-22)35-12-11-34-13-18(25(27,28)29)30-21(34)14-35/h3-10,13H,11-12,14H2,1-2H3,(H,31,33). The molecule has 4 heterocycles. The number of pyridine rings is 2. The third-order valence-electron chi connectivity index (χ3n) is 6.20. The van der Waals surface area contributed by atoms with Gasteiger partial charge in [0.2, 0.25) is 0 Å². The van der Waals surface area contributed by atoms with E-state index in [2.05, 4.69) is 19.7 Å². The molecular formula is C25H22ClF3N6O2S. The van der Waals surface area contributed by atoms with Gasteiger partial charge < -0.3 is 9.47 Å². The molecule has 198 valence electrons. The molecule has 0 saturated carbocycles. The van der Waals surface area contributed by atoms with Gasteiger partial charge >= 0.3 is 6.18 Å². The van der Waals surface area contributed by atoms with Crippen LogP contribution >= 0.6 is 11.6 Å². The summed E-state index contributed by atoms with van der Waals surface area (Å²) in [6.07, 6.45) is -3.56. The molecule has 0 fully saturated rings. The van der Waals surface area contributed by atoms with Crippen LogP contribution in [0, 0.1) is 13.8 Å². The maximum atomic E-state index is 13.2. The third kappa shape index (κ3) is 5.05. The quantitative estimate of drug-likeness (QED) is 0.348. The van der Waals surface area contributed by atoms with Gasteiger partial charge in [-0.1, -0.05) is 35.9 Å². The first kappa shape index (κ1) is 26.0. The van der Waals surface area contributed by atoms with Crippen LogP contribution in [0.3, 0.4) is 0 Å². The van der Waals surface area contributed by atoms with Gasteiger partial charge in [-0.2, -0.15) is 21.6 Å². The molecule has 0 spiro atoms. The van der Waals surface area contributed by atoms with Crippen molar-refractivity contribution in [1.29, 1.82) is 0 Å². The summed E-state index contributed by atoms with van der Waals surface area (Å²) in [5, 5.41) is 0.118. The highest BCUT2D eigenvalue weighted by Crippen LogP contribution is 2.33. The minimum absolute atomic E-state index is 0.0535. The first-order valence-electron chi connectivity index (χ1n) is 11.5. The number of fused-ring (bicyclic) bond motifs is 1. The number of sulfonamides is 1. The van der Waals surface area contributed by atoms with E-state index >= 15 is 0 Å². The van der Waals surface area contributed by atoms with Gasteiger partial charge in [0.15, 0.2) is 10.7 Å². The van der Waals surface area contributed by atoms with E-state index in [1.54, 1.807) is 17.0 Å². The van der Waals surface area contributed by atoms with E-state index in [9.17, 15) is 21.6 Å².